The van der Waals surface area contributed by atoms with E-state index in [0.29, 0.717) is 0 Å². The predicted octanol–water partition coefficient (Wildman–Crippen LogP) is 3.03. The molecule has 1 aliphatic rings. The zero-order valence-corrected chi connectivity index (χ0v) is 14.0. The van der Waals surface area contributed by atoms with Crippen LogP contribution in [0.4, 0.5) is 0 Å². The Morgan fingerprint density at radius 3 is 2.81 bits per heavy atom. The molecule has 21 heavy (non-hydrogen) atoms. The largest absolute Gasteiger partial charge is 0.307 e. The molecule has 4 heteroatoms. The van der Waals surface area contributed by atoms with Crippen molar-refractivity contribution >= 4 is 0 Å². The monoisotopic (exact) mass is 290 g/mol. The van der Waals surface area contributed by atoms with Gasteiger partial charge in [0.05, 0.1) is 17.9 Å². The van der Waals surface area contributed by atoms with Gasteiger partial charge in [0.1, 0.15) is 0 Å². The molecular formula is C17H30N4. The summed E-state index contributed by atoms with van der Waals surface area (Å²) in [5, 5.41) is 3.75. The fourth-order valence-corrected chi connectivity index (χ4v) is 3.81. The maximum Gasteiger partial charge on any atom is 0.0775 e. The summed E-state index contributed by atoms with van der Waals surface area (Å²) in [5.41, 5.74) is 1.22. The van der Waals surface area contributed by atoms with Crippen LogP contribution >= 0.6 is 0 Å². The molecule has 0 saturated heterocycles. The van der Waals surface area contributed by atoms with Gasteiger partial charge in [-0.15, -0.1) is 0 Å². The first-order chi connectivity index (χ1) is 10.1. The Hall–Kier alpha value is -1.00. The van der Waals surface area contributed by atoms with Crippen LogP contribution < -0.4 is 5.32 Å². The minimum Gasteiger partial charge on any atom is -0.307 e. The van der Waals surface area contributed by atoms with Gasteiger partial charge < -0.3 is 10.2 Å². The lowest BCUT2D eigenvalue weighted by Crippen LogP contribution is -2.56. The lowest BCUT2D eigenvalue weighted by molar-refractivity contribution is 0.0351. The Labute approximate surface area is 129 Å². The molecule has 0 radical (unpaired) electrons. The van der Waals surface area contributed by atoms with Gasteiger partial charge in [-0.25, -0.2) is 0 Å². The van der Waals surface area contributed by atoms with E-state index in [9.17, 15) is 0 Å². The maximum atomic E-state index is 4.61. The summed E-state index contributed by atoms with van der Waals surface area (Å²) in [4.78, 5) is 11.3. The molecule has 0 spiro atoms. The lowest BCUT2D eigenvalue weighted by atomic mass is 9.70. The molecule has 1 saturated carbocycles. The second-order valence-corrected chi connectivity index (χ2v) is 6.72. The van der Waals surface area contributed by atoms with E-state index in [1.165, 1.54) is 25.7 Å². The number of aromatic nitrogens is 2. The summed E-state index contributed by atoms with van der Waals surface area (Å²) in [5.74, 6) is 0.767. The van der Waals surface area contributed by atoms with Crippen LogP contribution in [0.15, 0.2) is 18.6 Å². The third-order valence-electron chi connectivity index (χ3n) is 4.91. The van der Waals surface area contributed by atoms with Crippen molar-refractivity contribution in [2.24, 2.45) is 5.92 Å². The van der Waals surface area contributed by atoms with E-state index in [1.54, 1.807) is 6.20 Å². The SMILES string of the molecule is CCCNC(c1cnccn1)C1(N(C)C)CCCC(C)C1. The van der Waals surface area contributed by atoms with E-state index in [2.05, 4.69) is 48.1 Å². The van der Waals surface area contributed by atoms with Crippen LogP contribution in [0.5, 0.6) is 0 Å². The molecular weight excluding hydrogens is 260 g/mol. The summed E-state index contributed by atoms with van der Waals surface area (Å²) in [7, 11) is 4.43. The summed E-state index contributed by atoms with van der Waals surface area (Å²) in [6, 6.07) is 0.254. The Balaban J connectivity index is 2.35. The third-order valence-corrected chi connectivity index (χ3v) is 4.91. The van der Waals surface area contributed by atoms with E-state index < -0.39 is 0 Å². The van der Waals surface area contributed by atoms with Crippen molar-refractivity contribution in [2.45, 2.75) is 57.5 Å². The van der Waals surface area contributed by atoms with Crippen molar-refractivity contribution in [3.8, 4) is 0 Å². The van der Waals surface area contributed by atoms with Gasteiger partial charge in [0.2, 0.25) is 0 Å². The third kappa shape index (κ3) is 3.61. The lowest BCUT2D eigenvalue weighted by Gasteiger charge is -2.50. The minimum absolute atomic E-state index is 0.142. The second-order valence-electron chi connectivity index (χ2n) is 6.72. The van der Waals surface area contributed by atoms with Gasteiger partial charge >= 0.3 is 0 Å². The van der Waals surface area contributed by atoms with Gasteiger partial charge in [-0.05, 0) is 45.8 Å². The number of rotatable bonds is 6. The average Bonchev–Trinajstić information content (AvgIpc) is 2.48. The summed E-state index contributed by atoms with van der Waals surface area (Å²) in [6.45, 7) is 5.61. The van der Waals surface area contributed by atoms with Gasteiger partial charge in [0, 0.05) is 17.9 Å². The molecule has 118 valence electrons. The Kier molecular flexibility index (Phi) is 5.71. The molecule has 3 atom stereocenters. The molecule has 1 aromatic heterocycles. The van der Waals surface area contributed by atoms with Crippen molar-refractivity contribution < 1.29 is 0 Å². The van der Waals surface area contributed by atoms with Crippen LogP contribution in [0.25, 0.3) is 0 Å². The number of nitrogens with zero attached hydrogens (tertiary/aromatic N) is 3. The van der Waals surface area contributed by atoms with E-state index in [-0.39, 0.29) is 11.6 Å². The summed E-state index contributed by atoms with van der Waals surface area (Å²) < 4.78 is 0. The van der Waals surface area contributed by atoms with Crippen molar-refractivity contribution in [1.82, 2.24) is 20.2 Å². The van der Waals surface area contributed by atoms with Crippen LogP contribution in [-0.4, -0.2) is 41.0 Å². The molecule has 0 aliphatic heterocycles. The molecule has 4 nitrogen and oxygen atoms in total. The van der Waals surface area contributed by atoms with Crippen LogP contribution in [0, 0.1) is 5.92 Å². The molecule has 3 unspecified atom stereocenters. The van der Waals surface area contributed by atoms with Crippen molar-refractivity contribution in [1.29, 1.82) is 0 Å². The van der Waals surface area contributed by atoms with Gasteiger partial charge in [0.15, 0.2) is 0 Å². The molecule has 1 N–H and O–H groups in total. The summed E-state index contributed by atoms with van der Waals surface area (Å²) >= 11 is 0. The first-order valence-corrected chi connectivity index (χ1v) is 8.27. The molecule has 1 aromatic rings. The maximum absolute atomic E-state index is 4.61. The topological polar surface area (TPSA) is 41.1 Å². The van der Waals surface area contributed by atoms with E-state index in [4.69, 9.17) is 0 Å². The van der Waals surface area contributed by atoms with Crippen LogP contribution in [-0.2, 0) is 0 Å². The van der Waals surface area contributed by atoms with E-state index in [1.807, 2.05) is 12.4 Å². The highest BCUT2D eigenvalue weighted by Crippen LogP contribution is 2.43. The fraction of sp³-hybridized carbons (Fsp3) is 0.765. The first-order valence-electron chi connectivity index (χ1n) is 8.27. The summed E-state index contributed by atoms with van der Waals surface area (Å²) in [6.07, 6.45) is 11.7. The number of hydrogen-bond donors (Lipinski definition) is 1. The molecule has 0 amide bonds. The van der Waals surface area contributed by atoms with Crippen molar-refractivity contribution in [3.05, 3.63) is 24.3 Å². The predicted molar refractivity (Wildman–Crippen MR) is 87.1 cm³/mol. The molecule has 0 bridgehead atoms. The normalized spacial score (nSPS) is 27.8. The molecule has 1 aliphatic carbocycles. The number of likely N-dealkylation sites (N-methyl/N-ethyl adjacent to an activating group) is 1. The Morgan fingerprint density at radius 1 is 1.43 bits per heavy atom. The van der Waals surface area contributed by atoms with Crippen molar-refractivity contribution in [2.75, 3.05) is 20.6 Å². The highest BCUT2D eigenvalue weighted by atomic mass is 15.2. The van der Waals surface area contributed by atoms with Crippen LogP contribution in [0.2, 0.25) is 0 Å². The Bertz CT molecular complexity index is 420. The van der Waals surface area contributed by atoms with Gasteiger partial charge in [0.25, 0.3) is 0 Å². The highest BCUT2D eigenvalue weighted by molar-refractivity contribution is 5.14. The van der Waals surface area contributed by atoms with Crippen LogP contribution in [0.1, 0.15) is 57.7 Å². The second kappa shape index (κ2) is 7.32. The molecule has 1 heterocycles. The Morgan fingerprint density at radius 2 is 2.24 bits per heavy atom. The number of nitrogens with one attached hydrogen (secondary N) is 1. The smallest absolute Gasteiger partial charge is 0.0775 e. The zero-order valence-electron chi connectivity index (χ0n) is 14.0. The highest BCUT2D eigenvalue weighted by Gasteiger charge is 2.44. The molecule has 0 aromatic carbocycles. The van der Waals surface area contributed by atoms with Crippen molar-refractivity contribution in [3.63, 3.8) is 0 Å². The molecule has 2 rings (SSSR count). The van der Waals surface area contributed by atoms with E-state index >= 15 is 0 Å². The average molecular weight is 290 g/mol. The molecule has 1 fully saturated rings. The first kappa shape index (κ1) is 16.4. The van der Waals surface area contributed by atoms with Gasteiger partial charge in [-0.2, -0.15) is 0 Å². The van der Waals surface area contributed by atoms with Gasteiger partial charge in [-0.1, -0.05) is 26.7 Å². The quantitative estimate of drug-likeness (QED) is 0.874. The standard InChI is InChI=1S/C17H30N4/c1-5-9-20-16(15-13-18-10-11-19-15)17(21(3)4)8-6-7-14(2)12-17/h10-11,13-14,16,20H,5-9,12H2,1-4H3. The zero-order chi connectivity index (χ0) is 15.3. The number of hydrogen-bond acceptors (Lipinski definition) is 4. The van der Waals surface area contributed by atoms with Gasteiger partial charge in [-0.3, -0.25) is 9.97 Å². The minimum atomic E-state index is 0.142. The van der Waals surface area contributed by atoms with Crippen LogP contribution in [0.3, 0.4) is 0 Å². The van der Waals surface area contributed by atoms with E-state index in [0.717, 1.165) is 24.6 Å². The fourth-order valence-electron chi connectivity index (χ4n) is 3.81.